The van der Waals surface area contributed by atoms with Crippen molar-refractivity contribution in [3.05, 3.63) is 46.0 Å². The molecule has 0 fully saturated rings. The molecule has 22 nitrogen and oxygen atoms in total. The summed E-state index contributed by atoms with van der Waals surface area (Å²) in [4.78, 5) is 55.1. The van der Waals surface area contributed by atoms with Crippen LogP contribution in [0.5, 0.6) is 69.0 Å². The zero-order valence-electron chi connectivity index (χ0n) is 27.4. The van der Waals surface area contributed by atoms with Crippen molar-refractivity contribution in [1.82, 2.24) is 0 Å². The molecule has 4 aliphatic heterocycles. The van der Waals surface area contributed by atoms with E-state index in [1.54, 1.807) is 0 Å². The van der Waals surface area contributed by atoms with Crippen LogP contribution >= 0.6 is 0 Å². The average molecular weight is 785 g/mol. The van der Waals surface area contributed by atoms with E-state index in [0.717, 1.165) is 0 Å². The topological polar surface area (TPSA) is 388 Å². The summed E-state index contributed by atoms with van der Waals surface area (Å²) >= 11 is 0. The van der Waals surface area contributed by atoms with Crippen LogP contribution in [-0.4, -0.2) is 126 Å². The van der Waals surface area contributed by atoms with E-state index < -0.39 is 180 Å². The lowest BCUT2D eigenvalue weighted by Gasteiger charge is -2.40. The first kappa shape index (κ1) is 36.6. The summed E-state index contributed by atoms with van der Waals surface area (Å²) in [5, 5.41) is 150. The van der Waals surface area contributed by atoms with Gasteiger partial charge in [0.1, 0.15) is 18.8 Å². The molecule has 0 aromatic heterocycles. The van der Waals surface area contributed by atoms with Crippen LogP contribution in [0.2, 0.25) is 0 Å². The first-order valence-corrected chi connectivity index (χ1v) is 15.6. The Morgan fingerprint density at radius 2 is 0.804 bits per heavy atom. The molecule has 4 aromatic carbocycles. The second kappa shape index (κ2) is 12.4. The third-order valence-electron chi connectivity index (χ3n) is 9.33. The molecule has 0 spiro atoms. The molecule has 292 valence electrons. The molecule has 4 bridgehead atoms. The van der Waals surface area contributed by atoms with Gasteiger partial charge in [-0.2, -0.15) is 0 Å². The largest absolute Gasteiger partial charge is 0.504 e. The molecule has 0 amide bonds. The van der Waals surface area contributed by atoms with E-state index in [1.807, 2.05) is 0 Å². The van der Waals surface area contributed by atoms with Crippen molar-refractivity contribution in [2.75, 3.05) is 6.61 Å². The number of rotatable bonds is 1. The summed E-state index contributed by atoms with van der Waals surface area (Å²) in [7, 11) is 0. The number of aliphatic hydroxyl groups excluding tert-OH is 2. The number of aliphatic hydroxyl groups is 2. The van der Waals surface area contributed by atoms with Crippen molar-refractivity contribution < 1.29 is 110 Å². The van der Waals surface area contributed by atoms with Gasteiger partial charge in [0.15, 0.2) is 64.3 Å². The predicted octanol–water partition coefficient (Wildman–Crippen LogP) is 0.356. The highest BCUT2D eigenvalue weighted by Gasteiger charge is 2.53. The Hall–Kier alpha value is -7.72. The van der Waals surface area contributed by atoms with Crippen LogP contribution in [0.4, 0.5) is 0 Å². The molecular weight excluding hydrogens is 760 g/mol. The second-order valence-corrected chi connectivity index (χ2v) is 12.5. The molecular formula is C34H24O22. The number of hydrogen-bond acceptors (Lipinski definition) is 22. The number of phenolic OH excluding ortho intramolecular Hbond substituents is 12. The number of fused-ring (bicyclic) bond motifs is 6. The van der Waals surface area contributed by atoms with E-state index in [9.17, 15) is 90.7 Å². The number of aromatic hydroxyl groups is 12. The molecule has 0 saturated carbocycles. The van der Waals surface area contributed by atoms with E-state index in [2.05, 4.69) is 0 Å². The zero-order valence-corrected chi connectivity index (χ0v) is 27.4. The molecule has 5 atom stereocenters. The predicted molar refractivity (Wildman–Crippen MR) is 173 cm³/mol. The SMILES string of the molecule is O=C1OC[C@H](O)[C@@H]([C@H]2OC(=O)c3cc(O)c(O)c(O)c3-c3c(O)c(O)c(O)c4c3C(=O)O[C@H]2[C@H]4O)OC(=O)c2cc(O)c(O)c(O)c2-c2c1cc(O)c(O)c2O. The number of phenols is 12. The van der Waals surface area contributed by atoms with E-state index in [4.69, 9.17) is 18.9 Å². The third kappa shape index (κ3) is 5.03. The molecule has 56 heavy (non-hydrogen) atoms. The Morgan fingerprint density at radius 1 is 0.411 bits per heavy atom. The first-order chi connectivity index (χ1) is 26.3. The zero-order chi connectivity index (χ0) is 41.0. The Labute approximate surface area is 307 Å². The van der Waals surface area contributed by atoms with E-state index in [0.29, 0.717) is 18.2 Å². The maximum atomic E-state index is 14.1. The van der Waals surface area contributed by atoms with Crippen molar-refractivity contribution in [2.45, 2.75) is 30.5 Å². The quantitative estimate of drug-likeness (QED) is 0.0703. The fourth-order valence-corrected chi connectivity index (χ4v) is 6.70. The van der Waals surface area contributed by atoms with Crippen LogP contribution in [-0.2, 0) is 18.9 Å². The van der Waals surface area contributed by atoms with Crippen molar-refractivity contribution in [2.24, 2.45) is 0 Å². The molecule has 0 aliphatic carbocycles. The summed E-state index contributed by atoms with van der Waals surface area (Å²) in [5.41, 5.74) is -9.23. The number of cyclic esters (lactones) is 2. The number of carbonyl (C=O) groups excluding carboxylic acids is 4. The summed E-state index contributed by atoms with van der Waals surface area (Å²) < 4.78 is 21.3. The standard InChI is InChI=1S/C34H24O22/c35-8-1-5-12(21(42)18(8)39)13-6(2-9(36)19(40)22(13)43)32(50)54-28(11(38)4-53-31(5)49)30-29-26(47)17-16(34(52)55-29)15(24(45)27(48)25(17)46)14-7(33(51)56-30)3-10(37)20(41)23(14)44/h1-3,11,26,28-30,35-48H,4H2/t11-,26-,28-,29-,30+/m0/s1. The van der Waals surface area contributed by atoms with Crippen molar-refractivity contribution >= 4 is 23.9 Å². The van der Waals surface area contributed by atoms with Crippen LogP contribution in [0.15, 0.2) is 18.2 Å². The van der Waals surface area contributed by atoms with E-state index in [1.165, 1.54) is 0 Å². The second-order valence-electron chi connectivity index (χ2n) is 12.5. The third-order valence-corrected chi connectivity index (χ3v) is 9.33. The number of carbonyl (C=O) groups is 4. The minimum atomic E-state index is -2.55. The van der Waals surface area contributed by atoms with Gasteiger partial charge in [0.2, 0.25) is 23.0 Å². The smallest absolute Gasteiger partial charge is 0.339 e. The first-order valence-electron chi connectivity index (χ1n) is 15.6. The van der Waals surface area contributed by atoms with Gasteiger partial charge in [-0.3, -0.25) is 0 Å². The van der Waals surface area contributed by atoms with E-state index >= 15 is 0 Å². The highest BCUT2D eigenvalue weighted by atomic mass is 16.6. The lowest BCUT2D eigenvalue weighted by atomic mass is 9.82. The summed E-state index contributed by atoms with van der Waals surface area (Å²) in [6, 6.07) is 1.33. The van der Waals surface area contributed by atoms with Gasteiger partial charge >= 0.3 is 23.9 Å². The Kier molecular flexibility index (Phi) is 8.13. The van der Waals surface area contributed by atoms with Gasteiger partial charge in [-0.05, 0) is 18.2 Å². The lowest BCUT2D eigenvalue weighted by Crippen LogP contribution is -2.55. The van der Waals surface area contributed by atoms with E-state index in [-0.39, 0.29) is 0 Å². The Balaban J connectivity index is 1.48. The minimum absolute atomic E-state index is 0.403. The number of esters is 4. The van der Waals surface area contributed by atoms with Gasteiger partial charge in [0, 0.05) is 27.8 Å². The number of hydrogen-bond donors (Lipinski definition) is 14. The summed E-state index contributed by atoms with van der Waals surface area (Å²) in [5.74, 6) is -22.9. The van der Waals surface area contributed by atoms with Crippen LogP contribution in [0.25, 0.3) is 22.3 Å². The molecule has 0 unspecified atom stereocenters. The molecule has 4 aromatic rings. The van der Waals surface area contributed by atoms with Gasteiger partial charge in [0.25, 0.3) is 0 Å². The lowest BCUT2D eigenvalue weighted by molar-refractivity contribution is -0.153. The fourth-order valence-electron chi connectivity index (χ4n) is 6.70. The molecule has 0 saturated heterocycles. The fraction of sp³-hybridized carbons (Fsp3) is 0.176. The van der Waals surface area contributed by atoms with Gasteiger partial charge < -0.3 is 90.4 Å². The Morgan fingerprint density at radius 3 is 1.29 bits per heavy atom. The van der Waals surface area contributed by atoms with Crippen LogP contribution in [0.3, 0.4) is 0 Å². The normalized spacial score (nSPS) is 21.6. The summed E-state index contributed by atoms with van der Waals surface area (Å²) in [6.45, 7) is -1.31. The van der Waals surface area contributed by atoms with Crippen LogP contribution in [0, 0.1) is 0 Å². The molecule has 0 radical (unpaired) electrons. The highest BCUT2D eigenvalue weighted by Crippen LogP contribution is 2.58. The highest BCUT2D eigenvalue weighted by molar-refractivity contribution is 6.11. The van der Waals surface area contributed by atoms with Crippen molar-refractivity contribution in [3.63, 3.8) is 0 Å². The molecule has 8 rings (SSSR count). The monoisotopic (exact) mass is 784 g/mol. The number of ether oxygens (including phenoxy) is 4. The minimum Gasteiger partial charge on any atom is -0.504 e. The van der Waals surface area contributed by atoms with Crippen molar-refractivity contribution in [1.29, 1.82) is 0 Å². The molecule has 22 heteroatoms. The maximum absolute atomic E-state index is 14.1. The van der Waals surface area contributed by atoms with Gasteiger partial charge in [-0.25, -0.2) is 19.2 Å². The van der Waals surface area contributed by atoms with Crippen molar-refractivity contribution in [3.8, 4) is 91.2 Å². The maximum Gasteiger partial charge on any atom is 0.339 e. The Bertz CT molecular complexity index is 2470. The molecule has 14 N–H and O–H groups in total. The van der Waals surface area contributed by atoms with Crippen LogP contribution < -0.4 is 0 Å². The van der Waals surface area contributed by atoms with Gasteiger partial charge in [-0.15, -0.1) is 0 Å². The van der Waals surface area contributed by atoms with Gasteiger partial charge in [0.05, 0.1) is 22.3 Å². The summed E-state index contributed by atoms with van der Waals surface area (Å²) in [6.07, 6.45) is -12.4. The number of benzene rings is 4. The average Bonchev–Trinajstić information content (AvgIpc) is 3.16. The van der Waals surface area contributed by atoms with Crippen LogP contribution in [0.1, 0.15) is 53.1 Å². The molecule has 4 aliphatic rings. The molecule has 4 heterocycles. The van der Waals surface area contributed by atoms with Gasteiger partial charge in [-0.1, -0.05) is 0 Å².